The summed E-state index contributed by atoms with van der Waals surface area (Å²) in [5.74, 6) is -0.258. The Morgan fingerprint density at radius 3 is 2.63 bits per heavy atom. The molecule has 1 atom stereocenters. The minimum atomic E-state index is -3.80. The van der Waals surface area contributed by atoms with Crippen molar-refractivity contribution < 1.29 is 16.8 Å². The van der Waals surface area contributed by atoms with Crippen molar-refractivity contribution in [3.05, 3.63) is 40.3 Å². The molecule has 0 aliphatic carbocycles. The van der Waals surface area contributed by atoms with Gasteiger partial charge in [0, 0.05) is 10.4 Å². The van der Waals surface area contributed by atoms with E-state index in [-0.39, 0.29) is 10.6 Å². The number of rotatable bonds is 3. The van der Waals surface area contributed by atoms with Gasteiger partial charge in [-0.05, 0) is 24.6 Å². The Bertz CT molecular complexity index is 738. The second-order valence-corrected chi connectivity index (χ2v) is 8.35. The minimum Gasteiger partial charge on any atom is -0.224 e. The van der Waals surface area contributed by atoms with Crippen LogP contribution in [0.25, 0.3) is 0 Å². The second-order valence-electron chi connectivity index (χ2n) is 4.30. The number of sulfonamides is 1. The summed E-state index contributed by atoms with van der Waals surface area (Å²) in [4.78, 5) is 0.0534. The van der Waals surface area contributed by atoms with Gasteiger partial charge in [-0.2, -0.15) is 0 Å². The van der Waals surface area contributed by atoms with Crippen molar-refractivity contribution in [3.8, 4) is 0 Å². The van der Waals surface area contributed by atoms with Crippen LogP contribution in [0.15, 0.2) is 34.6 Å². The average Bonchev–Trinajstić information content (AvgIpc) is 2.60. The van der Waals surface area contributed by atoms with Crippen molar-refractivity contribution in [1.29, 1.82) is 0 Å². The average molecular weight is 322 g/mol. The summed E-state index contributed by atoms with van der Waals surface area (Å²) in [6.45, 7) is 1.64. The predicted molar refractivity (Wildman–Crippen MR) is 73.2 cm³/mol. The number of benzene rings is 1. The molecule has 0 spiro atoms. The van der Waals surface area contributed by atoms with Crippen LogP contribution in [-0.2, 0) is 19.9 Å². The lowest BCUT2D eigenvalue weighted by molar-refractivity contribution is 0.574. The normalized spacial score (nSPS) is 21.7. The fourth-order valence-corrected chi connectivity index (χ4v) is 4.81. The fraction of sp³-hybridized carbons (Fsp3) is 0.273. The Hall–Kier alpha value is -0.890. The van der Waals surface area contributed by atoms with Crippen molar-refractivity contribution in [3.63, 3.8) is 0 Å². The molecule has 0 unspecified atom stereocenters. The maximum Gasteiger partial charge on any atom is 0.241 e. The molecule has 8 heteroatoms. The first-order chi connectivity index (χ1) is 8.70. The Morgan fingerprint density at radius 2 is 2.05 bits per heavy atom. The Morgan fingerprint density at radius 1 is 1.37 bits per heavy atom. The van der Waals surface area contributed by atoms with Gasteiger partial charge in [0.25, 0.3) is 0 Å². The Labute approximate surface area is 117 Å². The summed E-state index contributed by atoms with van der Waals surface area (Å²) in [5.41, 5.74) is 0.543. The zero-order chi connectivity index (χ0) is 14.3. The van der Waals surface area contributed by atoms with E-state index in [1.54, 1.807) is 19.1 Å². The summed E-state index contributed by atoms with van der Waals surface area (Å²) in [6.07, 6.45) is 1.33. The van der Waals surface area contributed by atoms with E-state index in [0.29, 0.717) is 10.6 Å². The van der Waals surface area contributed by atoms with Gasteiger partial charge < -0.3 is 0 Å². The van der Waals surface area contributed by atoms with Gasteiger partial charge in [-0.25, -0.2) is 21.6 Å². The highest BCUT2D eigenvalue weighted by molar-refractivity contribution is 7.94. The molecule has 2 rings (SSSR count). The smallest absolute Gasteiger partial charge is 0.224 e. The lowest BCUT2D eigenvalue weighted by Gasteiger charge is -2.12. The van der Waals surface area contributed by atoms with Crippen LogP contribution < -0.4 is 4.72 Å². The number of aryl methyl sites for hydroxylation is 1. The van der Waals surface area contributed by atoms with Crippen molar-refractivity contribution in [2.75, 3.05) is 5.75 Å². The first-order valence-corrected chi connectivity index (χ1v) is 8.97. The van der Waals surface area contributed by atoms with E-state index < -0.39 is 25.9 Å². The van der Waals surface area contributed by atoms with E-state index in [1.807, 2.05) is 0 Å². The molecule has 0 aromatic heterocycles. The molecule has 1 aliphatic rings. The second kappa shape index (κ2) is 4.90. The van der Waals surface area contributed by atoms with Gasteiger partial charge in [-0.15, -0.1) is 0 Å². The Balaban J connectivity index is 2.29. The van der Waals surface area contributed by atoms with Gasteiger partial charge in [0.15, 0.2) is 9.84 Å². The number of halogens is 1. The molecular formula is C11H12ClNO4S2. The zero-order valence-corrected chi connectivity index (χ0v) is 12.4. The number of sulfone groups is 1. The summed E-state index contributed by atoms with van der Waals surface area (Å²) in [5, 5.41) is 1.32. The topological polar surface area (TPSA) is 80.3 Å². The van der Waals surface area contributed by atoms with E-state index in [0.717, 1.165) is 5.41 Å². The van der Waals surface area contributed by atoms with E-state index in [1.165, 1.54) is 12.1 Å². The summed E-state index contributed by atoms with van der Waals surface area (Å²) in [7, 11) is -7.10. The van der Waals surface area contributed by atoms with Crippen LogP contribution >= 0.6 is 11.6 Å². The summed E-state index contributed by atoms with van der Waals surface area (Å²) >= 11 is 5.78. The molecule has 5 nitrogen and oxygen atoms in total. The van der Waals surface area contributed by atoms with Gasteiger partial charge in [-0.3, -0.25) is 0 Å². The molecule has 0 radical (unpaired) electrons. The first-order valence-electron chi connectivity index (χ1n) is 5.39. The lowest BCUT2D eigenvalue weighted by Crippen LogP contribution is -2.35. The molecule has 0 bridgehead atoms. The highest BCUT2D eigenvalue weighted by atomic mass is 35.5. The largest absolute Gasteiger partial charge is 0.241 e. The van der Waals surface area contributed by atoms with Gasteiger partial charge >= 0.3 is 0 Å². The standard InChI is InChI=1S/C11H12ClNO4S2/c1-8-2-3-9(12)6-11(8)19(16,17)13-10-4-5-18(14,15)7-10/h2-6,10,13H,7H2,1H3/t10-/m0/s1. The maximum absolute atomic E-state index is 12.2. The van der Waals surface area contributed by atoms with E-state index in [9.17, 15) is 16.8 Å². The van der Waals surface area contributed by atoms with E-state index in [4.69, 9.17) is 11.6 Å². The summed E-state index contributed by atoms with van der Waals surface area (Å²) < 4.78 is 49.2. The molecule has 1 aromatic carbocycles. The monoisotopic (exact) mass is 321 g/mol. The SMILES string of the molecule is Cc1ccc(Cl)cc1S(=O)(=O)N[C@H]1C=CS(=O)(=O)C1. The number of nitrogens with one attached hydrogen (secondary N) is 1. The molecular weight excluding hydrogens is 310 g/mol. The third-order valence-corrected chi connectivity index (χ3v) is 5.94. The first kappa shape index (κ1) is 14.5. The molecule has 0 fully saturated rings. The molecule has 19 heavy (non-hydrogen) atoms. The molecule has 1 aromatic rings. The lowest BCUT2D eigenvalue weighted by atomic mass is 10.2. The van der Waals surface area contributed by atoms with Gasteiger partial charge in [-0.1, -0.05) is 23.7 Å². The van der Waals surface area contributed by atoms with Crippen LogP contribution in [0.1, 0.15) is 5.56 Å². The van der Waals surface area contributed by atoms with Crippen molar-refractivity contribution >= 4 is 31.5 Å². The third-order valence-electron chi connectivity index (χ3n) is 2.68. The van der Waals surface area contributed by atoms with Crippen molar-refractivity contribution in [2.45, 2.75) is 17.9 Å². The number of hydrogen-bond acceptors (Lipinski definition) is 4. The third kappa shape index (κ3) is 3.36. The van der Waals surface area contributed by atoms with Crippen LogP contribution in [-0.4, -0.2) is 28.6 Å². The van der Waals surface area contributed by atoms with E-state index in [2.05, 4.69) is 4.72 Å². The fourth-order valence-electron chi connectivity index (χ4n) is 1.78. The predicted octanol–water partition coefficient (Wildman–Crippen LogP) is 1.24. The van der Waals surface area contributed by atoms with Crippen LogP contribution in [0.4, 0.5) is 0 Å². The molecule has 104 valence electrons. The van der Waals surface area contributed by atoms with Crippen molar-refractivity contribution in [1.82, 2.24) is 4.72 Å². The molecule has 0 saturated carbocycles. The molecule has 1 aliphatic heterocycles. The van der Waals surface area contributed by atoms with Gasteiger partial charge in [0.05, 0.1) is 16.7 Å². The maximum atomic E-state index is 12.2. The summed E-state index contributed by atoms with van der Waals surface area (Å²) in [6, 6.07) is 3.79. The number of hydrogen-bond donors (Lipinski definition) is 1. The van der Waals surface area contributed by atoms with Crippen LogP contribution in [0.2, 0.25) is 5.02 Å². The highest BCUT2D eigenvalue weighted by Crippen LogP contribution is 2.21. The highest BCUT2D eigenvalue weighted by Gasteiger charge is 2.27. The van der Waals surface area contributed by atoms with Gasteiger partial charge in [0.2, 0.25) is 10.0 Å². The van der Waals surface area contributed by atoms with Crippen LogP contribution in [0.3, 0.4) is 0 Å². The quantitative estimate of drug-likeness (QED) is 0.908. The van der Waals surface area contributed by atoms with Crippen LogP contribution in [0.5, 0.6) is 0 Å². The van der Waals surface area contributed by atoms with Crippen molar-refractivity contribution in [2.24, 2.45) is 0 Å². The molecule has 1 N–H and O–H groups in total. The minimum absolute atomic E-state index is 0.0534. The van der Waals surface area contributed by atoms with Gasteiger partial charge in [0.1, 0.15) is 0 Å². The zero-order valence-electron chi connectivity index (χ0n) is 10.00. The molecule has 0 saturated heterocycles. The molecule has 0 amide bonds. The molecule has 1 heterocycles. The van der Waals surface area contributed by atoms with E-state index >= 15 is 0 Å². The van der Waals surface area contributed by atoms with Crippen LogP contribution in [0, 0.1) is 6.92 Å². The Kier molecular flexibility index (Phi) is 3.74.